The summed E-state index contributed by atoms with van der Waals surface area (Å²) in [7, 11) is -3.57. The van der Waals surface area contributed by atoms with Crippen LogP contribution in [0.4, 0.5) is 0 Å². The largest absolute Gasteiger partial charge is 0.395 e. The van der Waals surface area contributed by atoms with E-state index in [1.165, 1.54) is 0 Å². The lowest BCUT2D eigenvalue weighted by Gasteiger charge is -2.57. The molecule has 3 atom stereocenters. The molecule has 1 N–H and O–H groups in total. The van der Waals surface area contributed by atoms with Gasteiger partial charge in [-0.05, 0) is 61.7 Å². The van der Waals surface area contributed by atoms with E-state index in [4.69, 9.17) is 0 Å². The fourth-order valence-electron chi connectivity index (χ4n) is 5.07. The molecular formula is C27H34N2O3S. The van der Waals surface area contributed by atoms with E-state index in [9.17, 15) is 13.5 Å². The molecule has 6 heteroatoms. The first-order chi connectivity index (χ1) is 15.8. The number of hydrogen-bond donors (Lipinski definition) is 1. The van der Waals surface area contributed by atoms with Crippen LogP contribution < -0.4 is 0 Å². The van der Waals surface area contributed by atoms with E-state index in [2.05, 4.69) is 42.7 Å². The summed E-state index contributed by atoms with van der Waals surface area (Å²) >= 11 is 0. The number of benzene rings is 2. The number of sulfonamides is 1. The predicted octanol–water partition coefficient (Wildman–Crippen LogP) is 3.62. The summed E-state index contributed by atoms with van der Waals surface area (Å²) in [6.45, 7) is 7.98. The molecule has 2 saturated heterocycles. The van der Waals surface area contributed by atoms with Gasteiger partial charge in [-0.1, -0.05) is 50.0 Å². The van der Waals surface area contributed by atoms with Crippen LogP contribution in [0.3, 0.4) is 0 Å². The maximum absolute atomic E-state index is 13.5. The van der Waals surface area contributed by atoms with Crippen molar-refractivity contribution in [1.82, 2.24) is 9.21 Å². The molecule has 0 amide bonds. The Bertz CT molecular complexity index is 1130. The Hall–Kier alpha value is -2.17. The molecule has 2 fully saturated rings. The van der Waals surface area contributed by atoms with E-state index >= 15 is 0 Å². The monoisotopic (exact) mass is 466 g/mol. The van der Waals surface area contributed by atoms with Gasteiger partial charge in [0.15, 0.2) is 0 Å². The summed E-state index contributed by atoms with van der Waals surface area (Å²) in [5.74, 6) is 6.80. The number of nitrogens with zero attached hydrogens (tertiary/aromatic N) is 2. The predicted molar refractivity (Wildman–Crippen MR) is 131 cm³/mol. The van der Waals surface area contributed by atoms with Gasteiger partial charge in [-0.15, -0.1) is 0 Å². The molecule has 176 valence electrons. The van der Waals surface area contributed by atoms with Crippen LogP contribution in [0.5, 0.6) is 0 Å². The highest BCUT2D eigenvalue weighted by Crippen LogP contribution is 2.42. The van der Waals surface area contributed by atoms with Gasteiger partial charge in [-0.25, -0.2) is 8.42 Å². The lowest BCUT2D eigenvalue weighted by atomic mass is 9.74. The molecule has 2 aromatic rings. The van der Waals surface area contributed by atoms with Crippen LogP contribution in [-0.4, -0.2) is 61.1 Å². The topological polar surface area (TPSA) is 60.9 Å². The third kappa shape index (κ3) is 5.02. The number of fused-ring (bicyclic) bond motifs is 1. The van der Waals surface area contributed by atoms with Gasteiger partial charge in [-0.3, -0.25) is 4.90 Å². The summed E-state index contributed by atoms with van der Waals surface area (Å²) in [6, 6.07) is 15.5. The smallest absolute Gasteiger partial charge is 0.243 e. The molecule has 0 aliphatic carbocycles. The standard InChI is InChI=1S/C27H34N2O3S/c1-20(2)9-10-22-11-13-23(14-12-22)27-25-18-28(15-4-5-16-29(25)26(27)19-30)33(31,32)24-8-6-7-21(3)17-24/h6-8,11-14,17,20,25-27,30H,4-5,15-16,18-19H2,1-3H3/t25-,26-,27+/m1/s1. The Morgan fingerprint density at radius 3 is 2.48 bits per heavy atom. The van der Waals surface area contributed by atoms with Crippen molar-refractivity contribution in [3.8, 4) is 11.8 Å². The Morgan fingerprint density at radius 2 is 1.82 bits per heavy atom. The van der Waals surface area contributed by atoms with E-state index in [1.807, 2.05) is 25.1 Å². The van der Waals surface area contributed by atoms with Gasteiger partial charge in [-0.2, -0.15) is 4.31 Å². The molecule has 0 bridgehead atoms. The van der Waals surface area contributed by atoms with Crippen LogP contribution in [0.2, 0.25) is 0 Å². The Balaban J connectivity index is 1.61. The highest BCUT2D eigenvalue weighted by Gasteiger charge is 2.50. The van der Waals surface area contributed by atoms with Crippen LogP contribution in [-0.2, 0) is 10.0 Å². The Morgan fingerprint density at radius 1 is 1.09 bits per heavy atom. The maximum atomic E-state index is 13.5. The summed E-state index contributed by atoms with van der Waals surface area (Å²) in [5, 5.41) is 10.2. The average Bonchev–Trinajstić information content (AvgIpc) is 2.77. The highest BCUT2D eigenvalue weighted by atomic mass is 32.2. The van der Waals surface area contributed by atoms with Crippen LogP contribution >= 0.6 is 0 Å². The summed E-state index contributed by atoms with van der Waals surface area (Å²) < 4.78 is 28.6. The van der Waals surface area contributed by atoms with Crippen LogP contribution in [0.25, 0.3) is 0 Å². The van der Waals surface area contributed by atoms with Crippen molar-refractivity contribution in [1.29, 1.82) is 0 Å². The molecule has 0 saturated carbocycles. The van der Waals surface area contributed by atoms with Gasteiger partial charge < -0.3 is 5.11 Å². The number of aliphatic hydroxyl groups excluding tert-OH is 1. The number of hydrogen-bond acceptors (Lipinski definition) is 4. The van der Waals surface area contributed by atoms with Gasteiger partial charge in [0.1, 0.15) is 0 Å². The van der Waals surface area contributed by atoms with Crippen molar-refractivity contribution in [3.05, 3.63) is 65.2 Å². The average molecular weight is 467 g/mol. The first-order valence-corrected chi connectivity index (χ1v) is 13.3. The molecule has 0 spiro atoms. The van der Waals surface area contributed by atoms with E-state index in [1.54, 1.807) is 22.5 Å². The second kappa shape index (κ2) is 9.99. The maximum Gasteiger partial charge on any atom is 0.243 e. The van der Waals surface area contributed by atoms with E-state index in [0.29, 0.717) is 23.9 Å². The Kier molecular flexibility index (Phi) is 7.25. The SMILES string of the molecule is Cc1cccc(S(=O)(=O)N2CCCCN3[C@H](CO)[C@@H](c4ccc(C#CC(C)C)cc4)[C@H]3C2)c1. The van der Waals surface area contributed by atoms with Crippen molar-refractivity contribution in [2.75, 3.05) is 26.2 Å². The van der Waals surface area contributed by atoms with Crippen LogP contribution in [0, 0.1) is 24.7 Å². The van der Waals surface area contributed by atoms with Crippen LogP contribution in [0.15, 0.2) is 53.4 Å². The van der Waals surface area contributed by atoms with E-state index in [0.717, 1.165) is 36.1 Å². The van der Waals surface area contributed by atoms with Crippen molar-refractivity contribution in [3.63, 3.8) is 0 Å². The number of aliphatic hydroxyl groups is 1. The number of rotatable bonds is 4. The molecule has 2 aliphatic rings. The minimum atomic E-state index is -3.57. The number of aryl methyl sites for hydroxylation is 1. The van der Waals surface area contributed by atoms with Gasteiger partial charge in [0.2, 0.25) is 10.0 Å². The first-order valence-electron chi connectivity index (χ1n) is 11.9. The normalized spacial score (nSPS) is 24.2. The summed E-state index contributed by atoms with van der Waals surface area (Å²) in [6.07, 6.45) is 1.74. The fraction of sp³-hybridized carbons (Fsp3) is 0.481. The fourth-order valence-corrected chi connectivity index (χ4v) is 6.67. The molecule has 0 aromatic heterocycles. The lowest BCUT2D eigenvalue weighted by Crippen LogP contribution is -2.67. The second-order valence-corrected chi connectivity index (χ2v) is 11.5. The van der Waals surface area contributed by atoms with Gasteiger partial charge >= 0.3 is 0 Å². The van der Waals surface area contributed by atoms with E-state index < -0.39 is 10.0 Å². The first kappa shape index (κ1) is 24.0. The van der Waals surface area contributed by atoms with Crippen LogP contribution in [0.1, 0.15) is 49.3 Å². The van der Waals surface area contributed by atoms with Crippen molar-refractivity contribution < 1.29 is 13.5 Å². The molecular weight excluding hydrogens is 432 g/mol. The zero-order chi connectivity index (χ0) is 23.6. The minimum absolute atomic E-state index is 0.0178. The molecule has 33 heavy (non-hydrogen) atoms. The second-order valence-electron chi connectivity index (χ2n) is 9.51. The summed E-state index contributed by atoms with van der Waals surface area (Å²) in [5.41, 5.74) is 3.05. The summed E-state index contributed by atoms with van der Waals surface area (Å²) in [4.78, 5) is 2.66. The molecule has 2 aliphatic heterocycles. The lowest BCUT2D eigenvalue weighted by molar-refractivity contribution is -0.0553. The molecule has 4 rings (SSSR count). The third-order valence-electron chi connectivity index (χ3n) is 6.76. The quantitative estimate of drug-likeness (QED) is 0.700. The van der Waals surface area contributed by atoms with Gasteiger partial charge in [0.25, 0.3) is 0 Å². The zero-order valence-corrected chi connectivity index (χ0v) is 20.6. The van der Waals surface area contributed by atoms with Gasteiger partial charge in [0, 0.05) is 42.6 Å². The third-order valence-corrected chi connectivity index (χ3v) is 8.62. The van der Waals surface area contributed by atoms with E-state index in [-0.39, 0.29) is 24.6 Å². The molecule has 0 unspecified atom stereocenters. The molecule has 0 radical (unpaired) electrons. The Labute approximate surface area is 198 Å². The minimum Gasteiger partial charge on any atom is -0.395 e. The van der Waals surface area contributed by atoms with Gasteiger partial charge in [0.05, 0.1) is 11.5 Å². The highest BCUT2D eigenvalue weighted by molar-refractivity contribution is 7.89. The molecule has 2 aromatic carbocycles. The zero-order valence-electron chi connectivity index (χ0n) is 19.7. The van der Waals surface area contributed by atoms with Crippen molar-refractivity contribution in [2.45, 2.75) is 56.5 Å². The molecule has 5 nitrogen and oxygen atoms in total. The van der Waals surface area contributed by atoms with Crippen molar-refractivity contribution in [2.24, 2.45) is 5.92 Å². The molecule has 2 heterocycles. The van der Waals surface area contributed by atoms with Crippen molar-refractivity contribution >= 4 is 10.0 Å².